The normalized spacial score (nSPS) is 29.6. The number of rotatable bonds is 1. The van der Waals surface area contributed by atoms with E-state index in [0.29, 0.717) is 54.6 Å². The fourth-order valence-corrected chi connectivity index (χ4v) is 8.89. The molecule has 1 aromatic carbocycles. The van der Waals surface area contributed by atoms with Gasteiger partial charge in [0, 0.05) is 41.7 Å². The standard InChI is InChI=1S/C37H47F3N6O/c1-23-12-7-5-6-10-17-45-34-29(20-31(35(45)47)36(21-41)15-8-9-16-36)33(42-22-43-34)44-26(4)28-13-11-14-30(32(28)38)37(39,40)27-18-24(2)46(23)25(3)19-27/h11,13-14,20,22-27H,5-10,12,15-19H2,1-4H3,(H,42,43,44)/t23?,24?,25?,26-,27?/m1/s1. The number of alkyl halides is 2. The summed E-state index contributed by atoms with van der Waals surface area (Å²) in [6.45, 7) is 8.40. The molecule has 10 heteroatoms. The Balaban J connectivity index is 1.46. The summed E-state index contributed by atoms with van der Waals surface area (Å²) in [5, 5.41) is 14.2. The van der Waals surface area contributed by atoms with Crippen LogP contribution in [-0.2, 0) is 17.9 Å². The van der Waals surface area contributed by atoms with Crippen LogP contribution in [0.3, 0.4) is 0 Å². The van der Waals surface area contributed by atoms with Crippen LogP contribution in [-0.4, -0.2) is 37.6 Å². The first-order chi connectivity index (χ1) is 22.5. The molecule has 3 aromatic rings. The third kappa shape index (κ3) is 6.05. The van der Waals surface area contributed by atoms with Gasteiger partial charge >= 0.3 is 0 Å². The fourth-order valence-electron chi connectivity index (χ4n) is 8.89. The molecular weight excluding hydrogens is 601 g/mol. The molecule has 8 bridgehead atoms. The maximum absolute atomic E-state index is 16.3. The van der Waals surface area contributed by atoms with E-state index in [1.165, 1.54) is 24.5 Å². The van der Waals surface area contributed by atoms with E-state index in [4.69, 9.17) is 0 Å². The summed E-state index contributed by atoms with van der Waals surface area (Å²) in [7, 11) is 0. The molecule has 4 atom stereocenters. The van der Waals surface area contributed by atoms with Crippen LogP contribution in [0, 0.1) is 23.1 Å². The Bertz CT molecular complexity index is 1700. The minimum absolute atomic E-state index is 0.0479. The van der Waals surface area contributed by atoms with E-state index in [9.17, 15) is 10.1 Å². The van der Waals surface area contributed by atoms with Crippen LogP contribution in [0.2, 0.25) is 0 Å². The Hall–Kier alpha value is -3.45. The second-order valence-corrected chi connectivity index (χ2v) is 14.4. The molecule has 2 fully saturated rings. The summed E-state index contributed by atoms with van der Waals surface area (Å²) in [5.41, 5.74) is -0.641. The smallest absolute Gasteiger partial charge is 0.278 e. The molecule has 0 radical (unpaired) electrons. The quantitative estimate of drug-likeness (QED) is 0.285. The molecule has 7 rings (SSSR count). The van der Waals surface area contributed by atoms with E-state index in [1.54, 1.807) is 17.6 Å². The summed E-state index contributed by atoms with van der Waals surface area (Å²) in [6.07, 6.45) is 9.57. The topological polar surface area (TPSA) is 86.8 Å². The molecule has 1 N–H and O–H groups in total. The predicted octanol–water partition coefficient (Wildman–Crippen LogP) is 8.37. The third-order valence-corrected chi connectivity index (χ3v) is 11.3. The van der Waals surface area contributed by atoms with Crippen LogP contribution in [0.5, 0.6) is 0 Å². The van der Waals surface area contributed by atoms with Crippen molar-refractivity contribution in [2.24, 2.45) is 5.92 Å². The summed E-state index contributed by atoms with van der Waals surface area (Å²) < 4.78 is 50.5. The van der Waals surface area contributed by atoms with Crippen LogP contribution < -0.4 is 10.9 Å². The summed E-state index contributed by atoms with van der Waals surface area (Å²) in [4.78, 5) is 25.5. The number of anilines is 1. The highest BCUT2D eigenvalue weighted by atomic mass is 19.3. The molecule has 47 heavy (non-hydrogen) atoms. The van der Waals surface area contributed by atoms with E-state index < -0.39 is 34.7 Å². The number of piperidine rings is 1. The van der Waals surface area contributed by atoms with E-state index in [2.05, 4.69) is 33.2 Å². The summed E-state index contributed by atoms with van der Waals surface area (Å²) in [5.74, 6) is -4.85. The second-order valence-electron chi connectivity index (χ2n) is 14.4. The van der Waals surface area contributed by atoms with Gasteiger partial charge in [-0.05, 0) is 72.3 Å². The van der Waals surface area contributed by atoms with Crippen molar-refractivity contribution in [3.8, 4) is 6.07 Å². The third-order valence-electron chi connectivity index (χ3n) is 11.3. The van der Waals surface area contributed by atoms with Crippen molar-refractivity contribution in [3.05, 3.63) is 63.5 Å². The Morgan fingerprint density at radius 1 is 0.936 bits per heavy atom. The van der Waals surface area contributed by atoms with Gasteiger partial charge in [0.1, 0.15) is 23.6 Å². The van der Waals surface area contributed by atoms with Crippen LogP contribution in [0.4, 0.5) is 19.0 Å². The number of benzene rings is 1. The van der Waals surface area contributed by atoms with Crippen molar-refractivity contribution in [2.75, 3.05) is 5.32 Å². The van der Waals surface area contributed by atoms with Crippen molar-refractivity contribution in [2.45, 2.75) is 140 Å². The molecule has 0 spiro atoms. The van der Waals surface area contributed by atoms with E-state index >= 15 is 13.2 Å². The van der Waals surface area contributed by atoms with Gasteiger partial charge in [-0.3, -0.25) is 14.3 Å². The number of aromatic nitrogens is 3. The minimum atomic E-state index is -3.34. The number of nitrogens with zero attached hydrogens (tertiary/aromatic N) is 5. The van der Waals surface area contributed by atoms with E-state index in [1.807, 2.05) is 13.8 Å². The molecule has 4 aliphatic rings. The van der Waals surface area contributed by atoms with Crippen LogP contribution >= 0.6 is 0 Å². The van der Waals surface area contributed by atoms with Crippen LogP contribution in [0.25, 0.3) is 11.0 Å². The van der Waals surface area contributed by atoms with Gasteiger partial charge in [0.2, 0.25) is 0 Å². The van der Waals surface area contributed by atoms with Gasteiger partial charge in [0.15, 0.2) is 0 Å². The number of nitriles is 1. The number of halogens is 3. The Morgan fingerprint density at radius 2 is 1.64 bits per heavy atom. The number of aryl methyl sites for hydroxylation is 1. The molecule has 7 nitrogen and oxygen atoms in total. The average Bonchev–Trinajstić information content (AvgIpc) is 3.53. The van der Waals surface area contributed by atoms with Gasteiger partial charge in [0.25, 0.3) is 11.5 Å². The number of nitrogens with one attached hydrogen (secondary N) is 1. The zero-order valence-electron chi connectivity index (χ0n) is 28.0. The van der Waals surface area contributed by atoms with Gasteiger partial charge in [-0.1, -0.05) is 50.3 Å². The highest BCUT2D eigenvalue weighted by Gasteiger charge is 2.49. The molecule has 3 unspecified atom stereocenters. The molecule has 0 amide bonds. The molecule has 5 heterocycles. The lowest BCUT2D eigenvalue weighted by molar-refractivity contribution is -0.112. The van der Waals surface area contributed by atoms with Crippen molar-refractivity contribution in [3.63, 3.8) is 0 Å². The van der Waals surface area contributed by atoms with Gasteiger partial charge < -0.3 is 5.32 Å². The zero-order valence-corrected chi connectivity index (χ0v) is 28.0. The van der Waals surface area contributed by atoms with Crippen molar-refractivity contribution >= 4 is 16.9 Å². The minimum Gasteiger partial charge on any atom is -0.363 e. The zero-order chi connectivity index (χ0) is 33.5. The Labute approximate surface area is 275 Å². The number of pyridine rings is 1. The Kier molecular flexibility index (Phi) is 9.41. The van der Waals surface area contributed by atoms with Gasteiger partial charge in [-0.2, -0.15) is 5.26 Å². The number of fused-ring (bicyclic) bond motifs is 9. The van der Waals surface area contributed by atoms with E-state index in [-0.39, 0.29) is 29.2 Å². The average molecular weight is 649 g/mol. The van der Waals surface area contributed by atoms with Gasteiger partial charge in [-0.15, -0.1) is 0 Å². The first kappa shape index (κ1) is 33.5. The van der Waals surface area contributed by atoms with Crippen LogP contribution in [0.15, 0.2) is 35.4 Å². The number of hydrogen-bond acceptors (Lipinski definition) is 6. The molecule has 1 saturated heterocycles. The highest BCUT2D eigenvalue weighted by molar-refractivity contribution is 5.87. The largest absolute Gasteiger partial charge is 0.363 e. The lowest BCUT2D eigenvalue weighted by Gasteiger charge is -2.47. The first-order valence-corrected chi connectivity index (χ1v) is 17.5. The fraction of sp³-hybridized carbons (Fsp3) is 0.622. The molecular formula is C37H47F3N6O. The molecule has 1 aliphatic carbocycles. The molecule has 3 aliphatic heterocycles. The molecule has 252 valence electrons. The first-order valence-electron chi connectivity index (χ1n) is 17.5. The molecule has 1 saturated carbocycles. The maximum Gasteiger partial charge on any atom is 0.278 e. The van der Waals surface area contributed by atoms with Crippen molar-refractivity contribution in [1.82, 2.24) is 19.4 Å². The van der Waals surface area contributed by atoms with Gasteiger partial charge in [0.05, 0.1) is 28.5 Å². The summed E-state index contributed by atoms with van der Waals surface area (Å²) >= 11 is 0. The number of hydrogen-bond donors (Lipinski definition) is 1. The maximum atomic E-state index is 16.3. The van der Waals surface area contributed by atoms with Crippen LogP contribution in [0.1, 0.15) is 121 Å². The lowest BCUT2D eigenvalue weighted by atomic mass is 9.79. The summed E-state index contributed by atoms with van der Waals surface area (Å²) in [6, 6.07) is 7.89. The van der Waals surface area contributed by atoms with E-state index in [0.717, 1.165) is 44.9 Å². The monoisotopic (exact) mass is 648 g/mol. The van der Waals surface area contributed by atoms with Crippen molar-refractivity contribution in [1.29, 1.82) is 5.26 Å². The lowest BCUT2D eigenvalue weighted by Crippen LogP contribution is -2.53. The van der Waals surface area contributed by atoms with Crippen molar-refractivity contribution < 1.29 is 13.2 Å². The molecule has 2 aromatic heterocycles. The SMILES string of the molecule is CC1CCCCCCn2c(=O)c(C3(C#N)CCCC3)cc3c(ncnc32)N[C@H](C)c2cccc(c2F)C(F)(F)C2CC(C)N1C(C)C2. The van der Waals surface area contributed by atoms with Gasteiger partial charge in [-0.25, -0.2) is 23.1 Å². The predicted molar refractivity (Wildman–Crippen MR) is 178 cm³/mol. The Morgan fingerprint density at radius 3 is 2.34 bits per heavy atom. The highest BCUT2D eigenvalue weighted by Crippen LogP contribution is 2.47. The second kappa shape index (κ2) is 13.2.